The van der Waals surface area contributed by atoms with Gasteiger partial charge in [0.25, 0.3) is 0 Å². The fraction of sp³-hybridized carbons (Fsp3) is 0.619. The molecule has 0 aromatic heterocycles. The standard InChI is InChI=1S/C21H28N2O3/c1-2-26-20(25)17-3-5-18(6-4-17)23-19(24)13-22-21-10-14-7-15(11-21)9-16(8-14)12-21/h3-6,14-16,22H,2,7-13H2,1H3,(H,23,24). The van der Waals surface area contributed by atoms with E-state index >= 15 is 0 Å². The van der Waals surface area contributed by atoms with Crippen molar-refractivity contribution in [2.24, 2.45) is 17.8 Å². The first-order chi connectivity index (χ1) is 12.5. The van der Waals surface area contributed by atoms with Crippen LogP contribution in [0, 0.1) is 17.8 Å². The van der Waals surface area contributed by atoms with E-state index < -0.39 is 0 Å². The first-order valence-corrected chi connectivity index (χ1v) is 9.87. The van der Waals surface area contributed by atoms with Crippen molar-refractivity contribution < 1.29 is 14.3 Å². The van der Waals surface area contributed by atoms with Crippen LogP contribution in [0.4, 0.5) is 5.69 Å². The average Bonchev–Trinajstić information content (AvgIpc) is 2.60. The number of benzene rings is 1. The van der Waals surface area contributed by atoms with Crippen molar-refractivity contribution in [2.75, 3.05) is 18.5 Å². The predicted octanol–water partition coefficient (Wildman–Crippen LogP) is 3.36. The van der Waals surface area contributed by atoms with E-state index in [1.54, 1.807) is 31.2 Å². The zero-order valence-corrected chi connectivity index (χ0v) is 15.4. The lowest BCUT2D eigenvalue weighted by Gasteiger charge is -2.57. The average molecular weight is 356 g/mol. The lowest BCUT2D eigenvalue weighted by molar-refractivity contribution is -0.116. The van der Waals surface area contributed by atoms with E-state index in [0.717, 1.165) is 17.8 Å². The highest BCUT2D eigenvalue weighted by Gasteiger charge is 2.50. The summed E-state index contributed by atoms with van der Waals surface area (Å²) in [5, 5.41) is 6.53. The second-order valence-corrected chi connectivity index (χ2v) is 8.40. The van der Waals surface area contributed by atoms with Crippen molar-refractivity contribution in [3.63, 3.8) is 0 Å². The molecule has 2 N–H and O–H groups in total. The number of carbonyl (C=O) groups is 2. The molecular weight excluding hydrogens is 328 g/mol. The number of amides is 1. The molecule has 0 unspecified atom stereocenters. The normalized spacial score (nSPS) is 31.7. The molecule has 4 saturated carbocycles. The third-order valence-corrected chi connectivity index (χ3v) is 6.34. The van der Waals surface area contributed by atoms with E-state index in [9.17, 15) is 9.59 Å². The molecule has 0 atom stereocenters. The van der Waals surface area contributed by atoms with Crippen molar-refractivity contribution in [1.82, 2.24) is 5.32 Å². The minimum Gasteiger partial charge on any atom is -0.462 e. The van der Waals surface area contributed by atoms with Crippen molar-refractivity contribution in [3.05, 3.63) is 29.8 Å². The molecule has 5 nitrogen and oxygen atoms in total. The summed E-state index contributed by atoms with van der Waals surface area (Å²) in [5.74, 6) is 2.24. The van der Waals surface area contributed by atoms with Gasteiger partial charge in [-0.1, -0.05) is 0 Å². The van der Waals surface area contributed by atoms with Gasteiger partial charge in [0.1, 0.15) is 0 Å². The van der Waals surface area contributed by atoms with Crippen LogP contribution in [0.5, 0.6) is 0 Å². The maximum Gasteiger partial charge on any atom is 0.338 e. The van der Waals surface area contributed by atoms with Crippen molar-refractivity contribution >= 4 is 17.6 Å². The molecule has 26 heavy (non-hydrogen) atoms. The zero-order chi connectivity index (χ0) is 18.1. The van der Waals surface area contributed by atoms with Gasteiger partial charge < -0.3 is 15.4 Å². The number of anilines is 1. The van der Waals surface area contributed by atoms with Crippen molar-refractivity contribution in [2.45, 2.75) is 51.0 Å². The van der Waals surface area contributed by atoms with E-state index in [1.165, 1.54) is 38.5 Å². The van der Waals surface area contributed by atoms with Crippen LogP contribution in [-0.4, -0.2) is 30.6 Å². The summed E-state index contributed by atoms with van der Waals surface area (Å²) in [6.45, 7) is 2.49. The monoisotopic (exact) mass is 356 g/mol. The summed E-state index contributed by atoms with van der Waals surface area (Å²) in [6, 6.07) is 6.85. The van der Waals surface area contributed by atoms with Crippen LogP contribution in [0.15, 0.2) is 24.3 Å². The van der Waals surface area contributed by atoms with Crippen LogP contribution in [0.25, 0.3) is 0 Å². The van der Waals surface area contributed by atoms with Crippen molar-refractivity contribution in [1.29, 1.82) is 0 Å². The Morgan fingerprint density at radius 1 is 1.04 bits per heavy atom. The molecule has 4 fully saturated rings. The number of hydrogen-bond donors (Lipinski definition) is 2. The van der Waals surface area contributed by atoms with Gasteiger partial charge in [0.05, 0.1) is 18.7 Å². The zero-order valence-electron chi connectivity index (χ0n) is 15.4. The third kappa shape index (κ3) is 3.63. The Kier molecular flexibility index (Phi) is 4.74. The topological polar surface area (TPSA) is 67.4 Å². The molecule has 140 valence electrons. The van der Waals surface area contributed by atoms with Gasteiger partial charge in [-0.2, -0.15) is 0 Å². The Bertz CT molecular complexity index is 648. The number of carbonyl (C=O) groups excluding carboxylic acids is 2. The van der Waals surface area contributed by atoms with Gasteiger partial charge in [-0.25, -0.2) is 4.79 Å². The summed E-state index contributed by atoms with van der Waals surface area (Å²) in [6.07, 6.45) is 7.92. The number of esters is 1. The highest BCUT2D eigenvalue weighted by Crippen LogP contribution is 2.55. The molecule has 1 amide bonds. The van der Waals surface area contributed by atoms with Crippen molar-refractivity contribution in [3.8, 4) is 0 Å². The largest absolute Gasteiger partial charge is 0.462 e. The van der Waals surface area contributed by atoms with Gasteiger partial charge in [0.15, 0.2) is 0 Å². The molecule has 1 aromatic carbocycles. The summed E-state index contributed by atoms with van der Waals surface area (Å²) in [7, 11) is 0. The fourth-order valence-electron chi connectivity index (χ4n) is 5.70. The smallest absolute Gasteiger partial charge is 0.338 e. The fourth-order valence-corrected chi connectivity index (χ4v) is 5.70. The van der Waals surface area contributed by atoms with Crippen LogP contribution in [-0.2, 0) is 9.53 Å². The molecule has 4 aliphatic rings. The molecule has 0 heterocycles. The summed E-state index contributed by atoms with van der Waals surface area (Å²) < 4.78 is 4.97. The number of nitrogens with one attached hydrogen (secondary N) is 2. The Balaban J connectivity index is 1.30. The van der Waals surface area contributed by atoms with Gasteiger partial charge in [0, 0.05) is 11.2 Å². The minimum absolute atomic E-state index is 0.0235. The molecule has 5 heteroatoms. The first-order valence-electron chi connectivity index (χ1n) is 9.87. The lowest BCUT2D eigenvalue weighted by atomic mass is 9.53. The molecule has 0 radical (unpaired) electrons. The van der Waals surface area contributed by atoms with Gasteiger partial charge in [-0.3, -0.25) is 4.79 Å². The Labute approximate surface area is 154 Å². The number of ether oxygens (including phenoxy) is 1. The molecule has 0 aliphatic heterocycles. The molecule has 5 rings (SSSR count). The SMILES string of the molecule is CCOC(=O)c1ccc(NC(=O)CNC23CC4CC(CC(C4)C2)C3)cc1. The third-order valence-electron chi connectivity index (χ3n) is 6.34. The van der Waals surface area contributed by atoms with Gasteiger partial charge in [-0.05, 0) is 87.5 Å². The Morgan fingerprint density at radius 3 is 2.15 bits per heavy atom. The van der Waals surface area contributed by atoms with Crippen LogP contribution in [0.2, 0.25) is 0 Å². The van der Waals surface area contributed by atoms with E-state index in [0.29, 0.717) is 24.4 Å². The Morgan fingerprint density at radius 2 is 1.62 bits per heavy atom. The number of hydrogen-bond acceptors (Lipinski definition) is 4. The summed E-state index contributed by atoms with van der Waals surface area (Å²) in [4.78, 5) is 24.0. The van der Waals surface area contributed by atoms with Crippen LogP contribution >= 0.6 is 0 Å². The maximum absolute atomic E-state index is 12.4. The van der Waals surface area contributed by atoms with Crippen LogP contribution < -0.4 is 10.6 Å². The predicted molar refractivity (Wildman–Crippen MR) is 99.9 cm³/mol. The highest BCUT2D eigenvalue weighted by atomic mass is 16.5. The summed E-state index contributed by atoms with van der Waals surface area (Å²) >= 11 is 0. The molecular formula is C21H28N2O3. The van der Waals surface area contributed by atoms with Crippen LogP contribution in [0.3, 0.4) is 0 Å². The molecule has 4 bridgehead atoms. The van der Waals surface area contributed by atoms with E-state index in [2.05, 4.69) is 10.6 Å². The second kappa shape index (κ2) is 7.03. The molecule has 0 saturated heterocycles. The lowest BCUT2D eigenvalue weighted by Crippen LogP contribution is -2.59. The van der Waals surface area contributed by atoms with E-state index in [-0.39, 0.29) is 17.4 Å². The molecule has 0 spiro atoms. The van der Waals surface area contributed by atoms with E-state index in [1.807, 2.05) is 0 Å². The Hall–Kier alpha value is -1.88. The minimum atomic E-state index is -0.339. The van der Waals surface area contributed by atoms with Gasteiger partial charge in [-0.15, -0.1) is 0 Å². The maximum atomic E-state index is 12.4. The highest BCUT2D eigenvalue weighted by molar-refractivity contribution is 5.94. The van der Waals surface area contributed by atoms with Gasteiger partial charge in [0.2, 0.25) is 5.91 Å². The number of rotatable bonds is 6. The second-order valence-electron chi connectivity index (χ2n) is 8.40. The summed E-state index contributed by atoms with van der Waals surface area (Å²) in [5.41, 5.74) is 1.40. The first kappa shape index (κ1) is 17.5. The van der Waals surface area contributed by atoms with Gasteiger partial charge >= 0.3 is 5.97 Å². The van der Waals surface area contributed by atoms with E-state index in [4.69, 9.17) is 4.74 Å². The quantitative estimate of drug-likeness (QED) is 0.767. The van der Waals surface area contributed by atoms with Crippen LogP contribution in [0.1, 0.15) is 55.8 Å². The molecule has 4 aliphatic carbocycles. The molecule has 1 aromatic rings.